The lowest BCUT2D eigenvalue weighted by molar-refractivity contribution is -0.149. The molecular formula is C26H31BrClN4O8P. The SMILES string of the molecule is CC(C)OC(=O)[C@@H](C)NP(=O)(OC[C@H]1OC(n2cc(Br)c(N)nc2=O)[C@](C)(Cl)[C@@H]1O)Oc1cccc2ccccc12. The third kappa shape index (κ3) is 6.94. The van der Waals surface area contributed by atoms with Crippen LogP contribution >= 0.6 is 35.3 Å². The molecule has 0 amide bonds. The molecule has 41 heavy (non-hydrogen) atoms. The minimum absolute atomic E-state index is 0.0244. The largest absolute Gasteiger partial charge is 0.462 e. The lowest BCUT2D eigenvalue weighted by Crippen LogP contribution is -2.42. The number of anilines is 1. The number of nitrogens with zero attached hydrogens (tertiary/aromatic N) is 2. The number of carbonyl (C=O) groups is 1. The average molecular weight is 674 g/mol. The molecule has 0 spiro atoms. The second-order valence-electron chi connectivity index (χ2n) is 9.99. The van der Waals surface area contributed by atoms with Crippen molar-refractivity contribution in [2.75, 3.05) is 12.3 Å². The molecule has 12 nitrogen and oxygen atoms in total. The Kier molecular flexibility index (Phi) is 9.49. The molecule has 2 heterocycles. The summed E-state index contributed by atoms with van der Waals surface area (Å²) in [5, 5.41) is 15.1. The van der Waals surface area contributed by atoms with Crippen molar-refractivity contribution in [2.24, 2.45) is 0 Å². The van der Waals surface area contributed by atoms with Crippen LogP contribution in [0.4, 0.5) is 5.82 Å². The summed E-state index contributed by atoms with van der Waals surface area (Å²) in [7, 11) is -4.33. The number of nitrogens with two attached hydrogens (primary N) is 1. The molecule has 1 fully saturated rings. The summed E-state index contributed by atoms with van der Waals surface area (Å²) in [6.45, 7) is 5.82. The molecule has 2 aromatic carbocycles. The van der Waals surface area contributed by atoms with E-state index in [9.17, 15) is 19.3 Å². The summed E-state index contributed by atoms with van der Waals surface area (Å²) < 4.78 is 38.3. The van der Waals surface area contributed by atoms with Gasteiger partial charge in [-0.3, -0.25) is 13.9 Å². The van der Waals surface area contributed by atoms with Gasteiger partial charge in [-0.25, -0.2) is 9.36 Å². The number of fused-ring (bicyclic) bond motifs is 1. The molecule has 0 radical (unpaired) electrons. The molecule has 2 unspecified atom stereocenters. The number of halogens is 2. The summed E-state index contributed by atoms with van der Waals surface area (Å²) in [4.78, 5) is 27.3. The number of nitrogen functional groups attached to an aromatic ring is 1. The highest BCUT2D eigenvalue weighted by Gasteiger charge is 2.54. The summed E-state index contributed by atoms with van der Waals surface area (Å²) in [6, 6.07) is 11.4. The third-order valence-electron chi connectivity index (χ3n) is 6.34. The zero-order valence-corrected chi connectivity index (χ0v) is 25.9. The van der Waals surface area contributed by atoms with Crippen LogP contribution in [0.5, 0.6) is 5.75 Å². The minimum Gasteiger partial charge on any atom is -0.462 e. The van der Waals surface area contributed by atoms with Crippen molar-refractivity contribution in [3.05, 3.63) is 63.6 Å². The maximum absolute atomic E-state index is 14.1. The van der Waals surface area contributed by atoms with E-state index in [1.807, 2.05) is 18.2 Å². The number of ether oxygens (including phenoxy) is 2. The zero-order chi connectivity index (χ0) is 30.1. The maximum atomic E-state index is 14.1. The van der Waals surface area contributed by atoms with Crippen LogP contribution in [-0.4, -0.2) is 56.5 Å². The monoisotopic (exact) mass is 672 g/mol. The van der Waals surface area contributed by atoms with Crippen LogP contribution in [0.15, 0.2) is 57.9 Å². The van der Waals surface area contributed by atoms with Crippen molar-refractivity contribution in [3.8, 4) is 5.75 Å². The molecule has 1 aromatic heterocycles. The van der Waals surface area contributed by atoms with E-state index in [0.717, 1.165) is 9.95 Å². The number of aliphatic hydroxyl groups is 1. The smallest absolute Gasteiger partial charge is 0.459 e. The number of aromatic nitrogens is 2. The van der Waals surface area contributed by atoms with Crippen molar-refractivity contribution in [1.29, 1.82) is 0 Å². The molecule has 0 aliphatic carbocycles. The number of rotatable bonds is 10. The quantitative estimate of drug-likeness (QED) is 0.161. The van der Waals surface area contributed by atoms with E-state index in [2.05, 4.69) is 26.0 Å². The van der Waals surface area contributed by atoms with Gasteiger partial charge in [0.25, 0.3) is 0 Å². The molecule has 1 aliphatic rings. The van der Waals surface area contributed by atoms with Crippen LogP contribution in [-0.2, 0) is 23.4 Å². The number of esters is 1. The van der Waals surface area contributed by atoms with Gasteiger partial charge in [-0.15, -0.1) is 11.6 Å². The van der Waals surface area contributed by atoms with Gasteiger partial charge in [0, 0.05) is 11.6 Å². The van der Waals surface area contributed by atoms with Crippen molar-refractivity contribution in [2.45, 2.75) is 63.2 Å². The highest BCUT2D eigenvalue weighted by atomic mass is 79.9. The predicted octanol–water partition coefficient (Wildman–Crippen LogP) is 4.13. The molecule has 3 aromatic rings. The van der Waals surface area contributed by atoms with Crippen LogP contribution in [0.2, 0.25) is 0 Å². The number of nitrogens with one attached hydrogen (secondary N) is 1. The van der Waals surface area contributed by atoms with Gasteiger partial charge in [-0.05, 0) is 55.1 Å². The normalized spacial score (nSPS) is 24.7. The lowest BCUT2D eigenvalue weighted by atomic mass is 10.0. The van der Waals surface area contributed by atoms with E-state index in [1.54, 1.807) is 38.1 Å². The van der Waals surface area contributed by atoms with E-state index < -0.39 is 61.5 Å². The first-order chi connectivity index (χ1) is 19.2. The standard InChI is InChI=1S/C26H31BrClN4O8P/c1-14(2)38-23(34)15(3)31-41(36,40-19-11-7-9-16-8-5-6-10-17(16)19)37-13-20-21(33)26(4,28)24(39-20)32-12-18(27)22(29)30-25(32)35/h5-12,14-15,20-21,24,33H,13H2,1-4H3,(H,31,36)(H2,29,30,35)/t15-,20-,21-,24?,26-,41?/m1/s1. The van der Waals surface area contributed by atoms with Gasteiger partial charge in [-0.1, -0.05) is 36.4 Å². The minimum atomic E-state index is -4.33. The van der Waals surface area contributed by atoms with Crippen molar-refractivity contribution in [1.82, 2.24) is 14.6 Å². The van der Waals surface area contributed by atoms with Gasteiger partial charge >= 0.3 is 19.4 Å². The second kappa shape index (κ2) is 12.4. The number of aliphatic hydroxyl groups excluding tert-OH is 1. The van der Waals surface area contributed by atoms with E-state index >= 15 is 0 Å². The summed E-state index contributed by atoms with van der Waals surface area (Å²) in [6.07, 6.45) is -2.78. The molecule has 1 saturated heterocycles. The Bertz CT molecular complexity index is 1530. The highest BCUT2D eigenvalue weighted by molar-refractivity contribution is 9.10. The second-order valence-corrected chi connectivity index (χ2v) is 13.3. The molecule has 1 aliphatic heterocycles. The molecule has 6 atom stereocenters. The van der Waals surface area contributed by atoms with Crippen molar-refractivity contribution >= 4 is 57.8 Å². The molecule has 4 rings (SSSR count). The molecule has 0 bridgehead atoms. The van der Waals surface area contributed by atoms with Crippen LogP contribution in [0.3, 0.4) is 0 Å². The fourth-order valence-corrected chi connectivity index (χ4v) is 6.39. The molecular weight excluding hydrogens is 643 g/mol. The van der Waals surface area contributed by atoms with Gasteiger partial charge in [0.05, 0.1) is 17.2 Å². The van der Waals surface area contributed by atoms with Crippen molar-refractivity contribution in [3.63, 3.8) is 0 Å². The Hall–Kier alpha value is -2.51. The van der Waals surface area contributed by atoms with Crippen LogP contribution in [0.1, 0.15) is 33.9 Å². The number of alkyl halides is 1. The van der Waals surface area contributed by atoms with Gasteiger partial charge < -0.3 is 24.8 Å². The molecule has 222 valence electrons. The van der Waals surface area contributed by atoms with Crippen LogP contribution < -0.4 is 21.0 Å². The van der Waals surface area contributed by atoms with E-state index in [4.69, 9.17) is 35.9 Å². The fourth-order valence-electron chi connectivity index (χ4n) is 4.27. The fraction of sp³-hybridized carbons (Fsp3) is 0.423. The summed E-state index contributed by atoms with van der Waals surface area (Å²) in [5.74, 6) is -0.457. The summed E-state index contributed by atoms with van der Waals surface area (Å²) in [5.41, 5.74) is 4.94. The molecule has 15 heteroatoms. The van der Waals surface area contributed by atoms with Gasteiger partial charge in [0.2, 0.25) is 0 Å². The maximum Gasteiger partial charge on any atom is 0.459 e. The zero-order valence-electron chi connectivity index (χ0n) is 22.7. The first-order valence-corrected chi connectivity index (χ1v) is 15.4. The number of benzene rings is 2. The Labute approximate surface area is 249 Å². The Balaban J connectivity index is 1.60. The predicted molar refractivity (Wildman–Crippen MR) is 157 cm³/mol. The van der Waals surface area contributed by atoms with E-state index in [0.29, 0.717) is 9.86 Å². The van der Waals surface area contributed by atoms with Gasteiger partial charge in [0.15, 0.2) is 6.23 Å². The van der Waals surface area contributed by atoms with Crippen LogP contribution in [0, 0.1) is 0 Å². The third-order valence-corrected chi connectivity index (χ3v) is 8.99. The number of carbonyl (C=O) groups excluding carboxylic acids is 1. The first-order valence-electron chi connectivity index (χ1n) is 12.7. The lowest BCUT2D eigenvalue weighted by Gasteiger charge is -2.27. The number of hydrogen-bond donors (Lipinski definition) is 3. The van der Waals surface area contributed by atoms with E-state index in [-0.39, 0.29) is 11.6 Å². The summed E-state index contributed by atoms with van der Waals surface area (Å²) >= 11 is 9.87. The average Bonchev–Trinajstić information content (AvgIpc) is 3.13. The van der Waals surface area contributed by atoms with E-state index in [1.165, 1.54) is 20.0 Å². The number of hydrogen-bond acceptors (Lipinski definition) is 10. The topological polar surface area (TPSA) is 164 Å². The van der Waals surface area contributed by atoms with Gasteiger partial charge in [-0.2, -0.15) is 10.1 Å². The Morgan fingerprint density at radius 2 is 1.98 bits per heavy atom. The first kappa shape index (κ1) is 31.4. The Morgan fingerprint density at radius 3 is 2.68 bits per heavy atom. The highest BCUT2D eigenvalue weighted by Crippen LogP contribution is 2.49. The Morgan fingerprint density at radius 1 is 1.29 bits per heavy atom. The molecule has 0 saturated carbocycles. The van der Waals surface area contributed by atoms with Gasteiger partial charge in [0.1, 0.15) is 34.7 Å². The van der Waals surface area contributed by atoms with Crippen LogP contribution in [0.25, 0.3) is 10.8 Å². The molecule has 4 N–H and O–H groups in total. The van der Waals surface area contributed by atoms with Crippen molar-refractivity contribution < 1.29 is 33.0 Å².